The van der Waals surface area contributed by atoms with Crippen LogP contribution >= 0.6 is 0 Å². The number of benzene rings is 2. The van der Waals surface area contributed by atoms with Crippen molar-refractivity contribution in [3.8, 4) is 0 Å². The summed E-state index contributed by atoms with van der Waals surface area (Å²) in [5.41, 5.74) is -0.613. The molecule has 0 spiro atoms. The Morgan fingerprint density at radius 1 is 1.13 bits per heavy atom. The molecule has 1 aliphatic rings. The fourth-order valence-electron chi connectivity index (χ4n) is 3.07. The van der Waals surface area contributed by atoms with Crippen molar-refractivity contribution < 1.29 is 30.8 Å². The number of sulfonamides is 1. The molecule has 1 saturated heterocycles. The highest BCUT2D eigenvalue weighted by atomic mass is 32.2. The van der Waals surface area contributed by atoms with Crippen LogP contribution in [0.2, 0.25) is 0 Å². The van der Waals surface area contributed by atoms with E-state index in [-0.39, 0.29) is 31.6 Å². The first-order valence-corrected chi connectivity index (χ1v) is 10.5. The largest absolute Gasteiger partial charge is 0.416 e. The van der Waals surface area contributed by atoms with Crippen molar-refractivity contribution >= 4 is 21.6 Å². The van der Waals surface area contributed by atoms with E-state index in [2.05, 4.69) is 10.6 Å². The van der Waals surface area contributed by atoms with E-state index in [1.807, 2.05) is 0 Å². The number of carbonyl (C=O) groups is 1. The molecular weight excluding hydrogens is 426 g/mol. The van der Waals surface area contributed by atoms with E-state index in [0.29, 0.717) is 18.2 Å². The molecule has 0 bridgehead atoms. The molecule has 1 fully saturated rings. The highest BCUT2D eigenvalue weighted by Gasteiger charge is 2.35. The zero-order chi connectivity index (χ0) is 21.9. The van der Waals surface area contributed by atoms with Crippen LogP contribution in [0.4, 0.5) is 23.2 Å². The molecule has 11 heteroatoms. The average molecular weight is 445 g/mol. The van der Waals surface area contributed by atoms with Crippen LogP contribution in [-0.2, 0) is 21.0 Å². The summed E-state index contributed by atoms with van der Waals surface area (Å²) in [6, 6.07) is 8.51. The van der Waals surface area contributed by atoms with Gasteiger partial charge in [0, 0.05) is 24.8 Å². The number of nitrogens with zero attached hydrogens (tertiary/aromatic N) is 1. The van der Waals surface area contributed by atoms with Gasteiger partial charge in [0.25, 0.3) is 0 Å². The molecule has 3 rings (SSSR count). The van der Waals surface area contributed by atoms with Crippen molar-refractivity contribution in [3.63, 3.8) is 0 Å². The molecule has 1 atom stereocenters. The molecule has 1 amide bonds. The van der Waals surface area contributed by atoms with Crippen molar-refractivity contribution in [3.05, 3.63) is 59.9 Å². The molecule has 2 N–H and O–H groups in total. The summed E-state index contributed by atoms with van der Waals surface area (Å²) in [7, 11) is -4.09. The number of hydrogen-bond donors (Lipinski definition) is 2. The lowest BCUT2D eigenvalue weighted by Crippen LogP contribution is -2.39. The number of halogens is 4. The number of carbonyl (C=O) groups excluding carboxylic acids is 1. The summed E-state index contributed by atoms with van der Waals surface area (Å²) in [4.78, 5) is 11.6. The molecular formula is C19H19F4N3O3S. The minimum Gasteiger partial charge on any atom is -0.325 e. The number of anilines is 1. The van der Waals surface area contributed by atoms with Gasteiger partial charge in [-0.3, -0.25) is 4.79 Å². The second kappa shape index (κ2) is 8.70. The van der Waals surface area contributed by atoms with Crippen LogP contribution in [-0.4, -0.2) is 44.3 Å². The quantitative estimate of drug-likeness (QED) is 0.671. The van der Waals surface area contributed by atoms with Gasteiger partial charge in [0.2, 0.25) is 15.9 Å². The van der Waals surface area contributed by atoms with Crippen LogP contribution in [0.25, 0.3) is 0 Å². The van der Waals surface area contributed by atoms with Crippen LogP contribution in [0.5, 0.6) is 0 Å². The predicted octanol–water partition coefficient (Wildman–Crippen LogP) is 2.84. The van der Waals surface area contributed by atoms with Gasteiger partial charge in [-0.2, -0.15) is 17.5 Å². The second-order valence-electron chi connectivity index (χ2n) is 6.81. The monoisotopic (exact) mass is 445 g/mol. The van der Waals surface area contributed by atoms with Crippen molar-refractivity contribution in [2.45, 2.75) is 23.5 Å². The lowest BCUT2D eigenvalue weighted by molar-refractivity contribution is -0.137. The van der Waals surface area contributed by atoms with Gasteiger partial charge >= 0.3 is 6.18 Å². The highest BCUT2D eigenvalue weighted by Crippen LogP contribution is 2.31. The average Bonchev–Trinajstić information content (AvgIpc) is 3.18. The minimum absolute atomic E-state index is 0.0302. The molecule has 2 aromatic carbocycles. The van der Waals surface area contributed by atoms with Crippen LogP contribution in [0.3, 0.4) is 0 Å². The summed E-state index contributed by atoms with van der Waals surface area (Å²) in [5.74, 6) is -0.819. The third-order valence-corrected chi connectivity index (χ3v) is 6.49. The standard InChI is InChI=1S/C19H19F4N3O3S/c20-14-4-6-15(7-5-14)25-18(27)11-24-16-8-9-26(12-16)30(28,29)17-3-1-2-13(10-17)19(21,22)23/h1-7,10,16,24H,8-9,11-12H2,(H,25,27). The van der Waals surface area contributed by atoms with E-state index in [0.717, 1.165) is 22.5 Å². The molecule has 0 radical (unpaired) electrons. The molecule has 6 nitrogen and oxygen atoms in total. The number of hydrogen-bond acceptors (Lipinski definition) is 4. The Hall–Kier alpha value is -2.50. The molecule has 0 saturated carbocycles. The Kier molecular flexibility index (Phi) is 6.44. The van der Waals surface area contributed by atoms with Crippen LogP contribution < -0.4 is 10.6 Å². The zero-order valence-corrected chi connectivity index (χ0v) is 16.4. The molecule has 2 aromatic rings. The first-order chi connectivity index (χ1) is 14.1. The van der Waals surface area contributed by atoms with Gasteiger partial charge in [0.05, 0.1) is 17.0 Å². The maximum absolute atomic E-state index is 12.9. The molecule has 1 aliphatic heterocycles. The Morgan fingerprint density at radius 2 is 1.83 bits per heavy atom. The summed E-state index contributed by atoms with van der Waals surface area (Å²) < 4.78 is 78.0. The maximum Gasteiger partial charge on any atom is 0.416 e. The summed E-state index contributed by atoms with van der Waals surface area (Å²) >= 11 is 0. The van der Waals surface area contributed by atoms with Gasteiger partial charge in [-0.05, 0) is 48.9 Å². The molecule has 0 aromatic heterocycles. The first kappa shape index (κ1) is 22.2. The van der Waals surface area contributed by atoms with Gasteiger partial charge in [0.1, 0.15) is 5.82 Å². The van der Waals surface area contributed by atoms with Gasteiger partial charge in [0.15, 0.2) is 0 Å². The Bertz CT molecular complexity index is 1010. The smallest absolute Gasteiger partial charge is 0.325 e. The number of nitrogens with one attached hydrogen (secondary N) is 2. The molecule has 1 heterocycles. The van der Waals surface area contributed by atoms with Crippen molar-refractivity contribution in [2.24, 2.45) is 0 Å². The fraction of sp³-hybridized carbons (Fsp3) is 0.316. The van der Waals surface area contributed by atoms with Crippen molar-refractivity contribution in [1.29, 1.82) is 0 Å². The topological polar surface area (TPSA) is 78.5 Å². The third-order valence-electron chi connectivity index (χ3n) is 4.63. The predicted molar refractivity (Wildman–Crippen MR) is 102 cm³/mol. The normalized spacial score (nSPS) is 17.8. The number of amides is 1. The van der Waals surface area contributed by atoms with Gasteiger partial charge in [-0.25, -0.2) is 12.8 Å². The number of rotatable bonds is 6. The second-order valence-corrected chi connectivity index (χ2v) is 8.75. The molecule has 1 unspecified atom stereocenters. The van der Waals surface area contributed by atoms with Gasteiger partial charge < -0.3 is 10.6 Å². The van der Waals surface area contributed by atoms with E-state index in [9.17, 15) is 30.8 Å². The lowest BCUT2D eigenvalue weighted by Gasteiger charge is -2.18. The van der Waals surface area contributed by atoms with Crippen molar-refractivity contribution in [2.75, 3.05) is 25.0 Å². The van der Waals surface area contributed by atoms with Gasteiger partial charge in [-0.1, -0.05) is 6.07 Å². The first-order valence-electron chi connectivity index (χ1n) is 9.02. The highest BCUT2D eigenvalue weighted by molar-refractivity contribution is 7.89. The zero-order valence-electron chi connectivity index (χ0n) is 15.6. The van der Waals surface area contributed by atoms with E-state index < -0.39 is 32.5 Å². The molecule has 30 heavy (non-hydrogen) atoms. The Morgan fingerprint density at radius 3 is 2.50 bits per heavy atom. The molecule has 0 aliphatic carbocycles. The fourth-order valence-corrected chi connectivity index (χ4v) is 4.62. The summed E-state index contributed by atoms with van der Waals surface area (Å²) in [6.07, 6.45) is -4.24. The van der Waals surface area contributed by atoms with E-state index >= 15 is 0 Å². The minimum atomic E-state index is -4.64. The Labute approximate surface area is 170 Å². The third kappa shape index (κ3) is 5.35. The lowest BCUT2D eigenvalue weighted by atomic mass is 10.2. The van der Waals surface area contributed by atoms with E-state index in [1.54, 1.807) is 0 Å². The van der Waals surface area contributed by atoms with E-state index in [1.165, 1.54) is 24.3 Å². The van der Waals surface area contributed by atoms with Crippen LogP contribution in [0, 0.1) is 5.82 Å². The van der Waals surface area contributed by atoms with E-state index in [4.69, 9.17) is 0 Å². The van der Waals surface area contributed by atoms with Crippen LogP contribution in [0.1, 0.15) is 12.0 Å². The van der Waals surface area contributed by atoms with Crippen LogP contribution in [0.15, 0.2) is 53.4 Å². The molecule has 162 valence electrons. The maximum atomic E-state index is 12.9. The summed E-state index contributed by atoms with van der Waals surface area (Å²) in [5, 5.41) is 5.50. The summed E-state index contributed by atoms with van der Waals surface area (Å²) in [6.45, 7) is 0.0533. The van der Waals surface area contributed by atoms with Gasteiger partial charge in [-0.15, -0.1) is 0 Å². The number of alkyl halides is 3. The SMILES string of the molecule is O=C(CNC1CCN(S(=O)(=O)c2cccc(C(F)(F)F)c2)C1)Nc1ccc(F)cc1. The Balaban J connectivity index is 1.57. The van der Waals surface area contributed by atoms with Crippen molar-refractivity contribution in [1.82, 2.24) is 9.62 Å².